The van der Waals surface area contributed by atoms with Crippen molar-refractivity contribution in [1.29, 1.82) is 0 Å². The third-order valence-electron chi connectivity index (χ3n) is 12.0. The monoisotopic (exact) mass is 875 g/mol. The fourth-order valence-corrected chi connectivity index (χ4v) is 8.05. The zero-order valence-electron chi connectivity index (χ0n) is 40.4. The summed E-state index contributed by atoms with van der Waals surface area (Å²) in [5, 5.41) is 5.91. The van der Waals surface area contributed by atoms with Gasteiger partial charge in [-0.2, -0.15) is 0 Å². The van der Waals surface area contributed by atoms with Gasteiger partial charge in [-0.15, -0.1) is 0 Å². The van der Waals surface area contributed by atoms with E-state index in [1.807, 2.05) is 39.0 Å². The maximum atomic E-state index is 14.2. The van der Waals surface area contributed by atoms with Gasteiger partial charge >= 0.3 is 0 Å². The largest absolute Gasteiger partial charge is 0.321 e. The van der Waals surface area contributed by atoms with Gasteiger partial charge in [-0.1, -0.05) is 141 Å². The first-order valence-corrected chi connectivity index (χ1v) is 22.6. The molecule has 8 nitrogen and oxygen atoms in total. The lowest BCUT2D eigenvalue weighted by atomic mass is 9.86. The Bertz CT molecular complexity index is 2610. The van der Waals surface area contributed by atoms with Crippen molar-refractivity contribution in [3.05, 3.63) is 183 Å². The molecule has 0 atom stereocenters. The Labute approximate surface area is 390 Å². The van der Waals surface area contributed by atoms with Crippen LogP contribution in [0.2, 0.25) is 0 Å². The van der Waals surface area contributed by atoms with Gasteiger partial charge in [0, 0.05) is 46.0 Å². The van der Waals surface area contributed by atoms with Crippen LogP contribution in [-0.4, -0.2) is 32.5 Å². The highest BCUT2D eigenvalue weighted by atomic mass is 16.2. The van der Waals surface area contributed by atoms with Crippen molar-refractivity contribution < 1.29 is 14.4 Å². The maximum Gasteiger partial charge on any atom is 0.255 e. The van der Waals surface area contributed by atoms with Crippen molar-refractivity contribution in [2.24, 2.45) is 0 Å². The van der Waals surface area contributed by atoms with Gasteiger partial charge in [0.05, 0.1) is 40.9 Å². The number of carbonyl (C=O) groups excluding carboxylic acids is 3. The molecule has 0 spiro atoms. The SMILES string of the molecule is Cc1cc(CC(=O)c2cc(C(=O)Nc3cnc(-c4ccc(C(C)(C)C)cc4)c(C)c3)cc(C(=O)Nc3cnc(-c4ccc(C(C)(C)C)cc4)c(C)c3)c2)cnc1-c1ccc(C(C)(C)C)cc1. The summed E-state index contributed by atoms with van der Waals surface area (Å²) >= 11 is 0. The van der Waals surface area contributed by atoms with E-state index in [-0.39, 0.29) is 45.1 Å². The van der Waals surface area contributed by atoms with Crippen LogP contribution in [0, 0.1) is 20.8 Å². The maximum absolute atomic E-state index is 14.2. The highest BCUT2D eigenvalue weighted by Gasteiger charge is 2.21. The summed E-state index contributed by atoms with van der Waals surface area (Å²) in [6.45, 7) is 25.5. The molecule has 0 unspecified atom stereocenters. The normalized spacial score (nSPS) is 11.9. The molecule has 0 aliphatic carbocycles. The summed E-state index contributed by atoms with van der Waals surface area (Å²) in [6, 6.07) is 35.5. The van der Waals surface area contributed by atoms with E-state index in [9.17, 15) is 14.4 Å². The van der Waals surface area contributed by atoms with Crippen LogP contribution in [0.25, 0.3) is 33.8 Å². The number of carbonyl (C=O) groups is 3. The Balaban J connectivity index is 1.15. The molecule has 8 heteroatoms. The molecule has 7 rings (SSSR count). The topological polar surface area (TPSA) is 114 Å². The van der Waals surface area contributed by atoms with Crippen molar-refractivity contribution >= 4 is 29.0 Å². The van der Waals surface area contributed by atoms with Gasteiger partial charge in [-0.25, -0.2) is 0 Å². The third-order valence-corrected chi connectivity index (χ3v) is 12.0. The van der Waals surface area contributed by atoms with Gasteiger partial charge in [-0.05, 0) is 106 Å². The first-order valence-electron chi connectivity index (χ1n) is 22.6. The van der Waals surface area contributed by atoms with Gasteiger partial charge < -0.3 is 10.6 Å². The lowest BCUT2D eigenvalue weighted by molar-refractivity contribution is 0.0992. The van der Waals surface area contributed by atoms with E-state index in [1.54, 1.807) is 18.6 Å². The van der Waals surface area contributed by atoms with E-state index in [4.69, 9.17) is 15.0 Å². The molecule has 66 heavy (non-hydrogen) atoms. The molecule has 4 aromatic carbocycles. The molecule has 3 heterocycles. The van der Waals surface area contributed by atoms with Crippen molar-refractivity contribution in [2.45, 2.75) is 106 Å². The Morgan fingerprint density at radius 3 is 1.06 bits per heavy atom. The number of aryl methyl sites for hydroxylation is 3. The van der Waals surface area contributed by atoms with Gasteiger partial charge in [-0.3, -0.25) is 29.3 Å². The van der Waals surface area contributed by atoms with Crippen molar-refractivity contribution in [1.82, 2.24) is 15.0 Å². The highest BCUT2D eigenvalue weighted by molar-refractivity contribution is 6.11. The Morgan fingerprint density at radius 2 is 0.742 bits per heavy atom. The Hall–Kier alpha value is -7.06. The molecule has 3 aromatic heterocycles. The number of anilines is 2. The van der Waals surface area contributed by atoms with E-state index in [0.29, 0.717) is 11.4 Å². The van der Waals surface area contributed by atoms with Crippen molar-refractivity contribution in [3.63, 3.8) is 0 Å². The fraction of sp³-hybridized carbons (Fsp3) is 0.276. The second kappa shape index (κ2) is 18.4. The minimum Gasteiger partial charge on any atom is -0.321 e. The molecular formula is C58H61N5O3. The summed E-state index contributed by atoms with van der Waals surface area (Å²) < 4.78 is 0. The van der Waals surface area contributed by atoms with Crippen LogP contribution < -0.4 is 10.6 Å². The summed E-state index contributed by atoms with van der Waals surface area (Å²) in [6.07, 6.45) is 4.98. The number of pyridine rings is 3. The number of amides is 2. The number of aromatic nitrogens is 3. The highest BCUT2D eigenvalue weighted by Crippen LogP contribution is 2.31. The second-order valence-corrected chi connectivity index (χ2v) is 20.6. The van der Waals surface area contributed by atoms with Gasteiger partial charge in [0.15, 0.2) is 5.78 Å². The number of nitrogens with one attached hydrogen (secondary N) is 2. The van der Waals surface area contributed by atoms with Gasteiger partial charge in [0.1, 0.15) is 0 Å². The average molecular weight is 876 g/mol. The molecule has 0 saturated carbocycles. The van der Waals surface area contributed by atoms with Crippen LogP contribution in [0.1, 0.15) is 132 Å². The lowest BCUT2D eigenvalue weighted by Crippen LogP contribution is -2.18. The summed E-state index contributed by atoms with van der Waals surface area (Å²) in [7, 11) is 0. The first kappa shape index (κ1) is 46.9. The van der Waals surface area contributed by atoms with Gasteiger partial charge in [0.25, 0.3) is 11.8 Å². The summed E-state index contributed by atoms with van der Waals surface area (Å²) in [5.74, 6) is -1.23. The first-order chi connectivity index (χ1) is 31.0. The van der Waals surface area contributed by atoms with E-state index in [2.05, 4.69) is 146 Å². The molecule has 0 aliphatic heterocycles. The van der Waals surface area contributed by atoms with Crippen molar-refractivity contribution in [3.8, 4) is 33.8 Å². The van der Waals surface area contributed by atoms with Crippen LogP contribution in [0.5, 0.6) is 0 Å². The quantitative estimate of drug-likeness (QED) is 0.132. The van der Waals surface area contributed by atoms with Crippen LogP contribution in [-0.2, 0) is 22.7 Å². The minimum absolute atomic E-state index is 0.0197. The average Bonchev–Trinajstić information content (AvgIpc) is 3.25. The predicted molar refractivity (Wildman–Crippen MR) is 270 cm³/mol. The lowest BCUT2D eigenvalue weighted by Gasteiger charge is -2.19. The van der Waals surface area contributed by atoms with Crippen LogP contribution in [0.3, 0.4) is 0 Å². The number of hydrogen-bond donors (Lipinski definition) is 2. The van der Waals surface area contributed by atoms with Gasteiger partial charge in [0.2, 0.25) is 0 Å². The molecule has 0 aliphatic rings. The van der Waals surface area contributed by atoms with Crippen molar-refractivity contribution in [2.75, 3.05) is 10.6 Å². The molecule has 0 bridgehead atoms. The summed E-state index contributed by atoms with van der Waals surface area (Å²) in [5.41, 5.74) is 14.1. The smallest absolute Gasteiger partial charge is 0.255 e. The standard InChI is InChI=1S/C58H61N5O3/c1-35-25-38(32-59-51(35)39-13-19-45(20-14-39)56(4,5)6)28-50(64)42-29-43(54(65)62-48-26-36(2)52(60-33-48)40-15-21-46(22-16-40)57(7,8)9)31-44(30-42)55(66)63-49-27-37(3)53(61-34-49)41-17-23-47(24-18-41)58(10,11)12/h13-27,29-34H,28H2,1-12H3,(H,62,65)(H,63,66). The number of hydrogen-bond acceptors (Lipinski definition) is 6. The second-order valence-electron chi connectivity index (χ2n) is 20.6. The zero-order chi connectivity index (χ0) is 47.7. The van der Waals surface area contributed by atoms with E-state index < -0.39 is 11.8 Å². The predicted octanol–water partition coefficient (Wildman–Crippen LogP) is 13.6. The molecule has 2 N–H and O–H groups in total. The van der Waals surface area contributed by atoms with E-state index >= 15 is 0 Å². The van der Waals surface area contributed by atoms with Crippen LogP contribution in [0.15, 0.2) is 128 Å². The zero-order valence-corrected chi connectivity index (χ0v) is 40.4. The molecule has 0 saturated heterocycles. The summed E-state index contributed by atoms with van der Waals surface area (Å²) in [4.78, 5) is 56.5. The molecular weight excluding hydrogens is 815 g/mol. The number of rotatable bonds is 10. The fourth-order valence-electron chi connectivity index (χ4n) is 8.05. The number of benzene rings is 4. The number of Topliss-reactive ketones (excluding diaryl/α,β-unsaturated/α-hetero) is 1. The Morgan fingerprint density at radius 1 is 0.424 bits per heavy atom. The molecule has 0 radical (unpaired) electrons. The molecule has 0 fully saturated rings. The van der Waals surface area contributed by atoms with Crippen LogP contribution in [0.4, 0.5) is 11.4 Å². The molecule has 7 aromatic rings. The number of ketones is 1. The minimum atomic E-state index is -0.485. The molecule has 336 valence electrons. The Kier molecular flexibility index (Phi) is 13.1. The number of nitrogens with zero attached hydrogens (tertiary/aromatic N) is 3. The van der Waals surface area contributed by atoms with Crippen LogP contribution >= 0.6 is 0 Å². The third kappa shape index (κ3) is 10.9. The van der Waals surface area contributed by atoms with E-state index in [1.165, 1.54) is 34.9 Å². The molecule has 2 amide bonds. The van der Waals surface area contributed by atoms with E-state index in [0.717, 1.165) is 56.0 Å².